The molecule has 180 valence electrons. The number of hydrogen-bond acceptors (Lipinski definition) is 5. The second-order valence-corrected chi connectivity index (χ2v) is 8.09. The molecular formula is C29H29NO5. The molecule has 0 fully saturated rings. The van der Waals surface area contributed by atoms with Crippen LogP contribution in [0.5, 0.6) is 5.75 Å². The largest absolute Gasteiger partial charge is 0.482 e. The molecule has 0 heterocycles. The van der Waals surface area contributed by atoms with Crippen molar-refractivity contribution in [2.75, 3.05) is 24.7 Å². The fourth-order valence-corrected chi connectivity index (χ4v) is 4.08. The number of carbonyl (C=O) groups excluding carboxylic acids is 2. The summed E-state index contributed by atoms with van der Waals surface area (Å²) < 4.78 is 16.3. The number of amides is 1. The maximum Gasteiger partial charge on any atom is 0.418 e. The quantitative estimate of drug-likeness (QED) is 0.342. The van der Waals surface area contributed by atoms with Gasteiger partial charge in [-0.05, 0) is 55.7 Å². The number of anilines is 2. The van der Waals surface area contributed by atoms with Crippen molar-refractivity contribution in [1.82, 2.24) is 0 Å². The van der Waals surface area contributed by atoms with Gasteiger partial charge in [0.25, 0.3) is 0 Å². The van der Waals surface area contributed by atoms with E-state index in [1.165, 1.54) is 5.57 Å². The van der Waals surface area contributed by atoms with E-state index in [0.29, 0.717) is 18.8 Å². The van der Waals surface area contributed by atoms with Gasteiger partial charge in [0.15, 0.2) is 6.61 Å². The Morgan fingerprint density at radius 2 is 1.51 bits per heavy atom. The van der Waals surface area contributed by atoms with Gasteiger partial charge in [0.05, 0.1) is 24.6 Å². The van der Waals surface area contributed by atoms with Gasteiger partial charge < -0.3 is 14.2 Å². The van der Waals surface area contributed by atoms with Crippen molar-refractivity contribution in [1.29, 1.82) is 0 Å². The van der Waals surface area contributed by atoms with Crippen molar-refractivity contribution in [3.63, 3.8) is 0 Å². The predicted octanol–water partition coefficient (Wildman–Crippen LogP) is 6.32. The van der Waals surface area contributed by atoms with Gasteiger partial charge in [-0.3, -0.25) is 0 Å². The minimum atomic E-state index is -0.408. The molecule has 0 saturated carbocycles. The summed E-state index contributed by atoms with van der Waals surface area (Å²) in [6.45, 7) is 2.29. The maximum atomic E-state index is 13.0. The van der Waals surface area contributed by atoms with Crippen LogP contribution in [0.25, 0.3) is 6.08 Å². The van der Waals surface area contributed by atoms with E-state index in [2.05, 4.69) is 6.08 Å². The van der Waals surface area contributed by atoms with Gasteiger partial charge >= 0.3 is 12.1 Å². The fourth-order valence-electron chi connectivity index (χ4n) is 4.08. The third-order valence-electron chi connectivity index (χ3n) is 5.74. The SMILES string of the molecule is CCOC(=O)COc1cccc2c1CCC(CCOC(=O)N(c1ccccc1)c1ccccc1)=C2. The van der Waals surface area contributed by atoms with E-state index in [4.69, 9.17) is 14.2 Å². The van der Waals surface area contributed by atoms with Gasteiger partial charge in [-0.1, -0.05) is 60.2 Å². The second-order valence-electron chi connectivity index (χ2n) is 8.09. The molecule has 0 radical (unpaired) electrons. The molecule has 1 aliphatic carbocycles. The van der Waals surface area contributed by atoms with Crippen LogP contribution in [-0.4, -0.2) is 31.9 Å². The zero-order valence-corrected chi connectivity index (χ0v) is 19.8. The Labute approximate surface area is 205 Å². The van der Waals surface area contributed by atoms with E-state index < -0.39 is 6.09 Å². The topological polar surface area (TPSA) is 65.1 Å². The van der Waals surface area contributed by atoms with Crippen LogP contribution in [-0.2, 0) is 20.7 Å². The lowest BCUT2D eigenvalue weighted by atomic mass is 9.90. The molecule has 3 aromatic rings. The zero-order valence-electron chi connectivity index (χ0n) is 19.8. The molecular weight excluding hydrogens is 442 g/mol. The highest BCUT2D eigenvalue weighted by atomic mass is 16.6. The summed E-state index contributed by atoms with van der Waals surface area (Å²) in [5.74, 6) is 0.331. The van der Waals surface area contributed by atoms with Crippen molar-refractivity contribution < 1.29 is 23.8 Å². The smallest absolute Gasteiger partial charge is 0.418 e. The summed E-state index contributed by atoms with van der Waals surface area (Å²) >= 11 is 0. The first-order valence-electron chi connectivity index (χ1n) is 11.8. The lowest BCUT2D eigenvalue weighted by Gasteiger charge is -2.23. The molecule has 6 heteroatoms. The highest BCUT2D eigenvalue weighted by molar-refractivity contribution is 5.95. The van der Waals surface area contributed by atoms with Crippen molar-refractivity contribution in [2.24, 2.45) is 0 Å². The molecule has 1 aliphatic rings. The summed E-state index contributed by atoms with van der Waals surface area (Å²) in [5, 5.41) is 0. The number of fused-ring (bicyclic) bond motifs is 1. The molecule has 0 N–H and O–H groups in total. The predicted molar refractivity (Wildman–Crippen MR) is 136 cm³/mol. The van der Waals surface area contributed by atoms with E-state index in [9.17, 15) is 9.59 Å². The fraction of sp³-hybridized carbons (Fsp3) is 0.241. The van der Waals surface area contributed by atoms with Crippen molar-refractivity contribution >= 4 is 29.5 Å². The monoisotopic (exact) mass is 471 g/mol. The number of benzene rings is 3. The zero-order chi connectivity index (χ0) is 24.5. The Kier molecular flexibility index (Phi) is 8.17. The lowest BCUT2D eigenvalue weighted by Crippen LogP contribution is -2.27. The van der Waals surface area contributed by atoms with Gasteiger partial charge in [-0.15, -0.1) is 0 Å². The van der Waals surface area contributed by atoms with Crippen LogP contribution < -0.4 is 9.64 Å². The molecule has 3 aromatic carbocycles. The maximum absolute atomic E-state index is 13.0. The Bertz CT molecular complexity index is 1130. The van der Waals surface area contributed by atoms with Crippen molar-refractivity contribution in [3.8, 4) is 5.75 Å². The molecule has 4 rings (SSSR count). The number of nitrogens with zero attached hydrogens (tertiary/aromatic N) is 1. The first-order valence-corrected chi connectivity index (χ1v) is 11.8. The molecule has 1 amide bonds. The average Bonchev–Trinajstić information content (AvgIpc) is 2.89. The number of ether oxygens (including phenoxy) is 3. The van der Waals surface area contributed by atoms with Crippen LogP contribution >= 0.6 is 0 Å². The molecule has 0 bridgehead atoms. The second kappa shape index (κ2) is 11.9. The van der Waals surface area contributed by atoms with Crippen LogP contribution in [0.15, 0.2) is 84.4 Å². The minimum absolute atomic E-state index is 0.101. The van der Waals surface area contributed by atoms with Gasteiger partial charge in [0.2, 0.25) is 0 Å². The van der Waals surface area contributed by atoms with E-state index in [1.807, 2.05) is 78.9 Å². The molecule has 0 saturated heterocycles. The molecule has 0 aliphatic heterocycles. The van der Waals surface area contributed by atoms with Gasteiger partial charge in [0, 0.05) is 12.0 Å². The average molecular weight is 472 g/mol. The molecule has 0 aromatic heterocycles. The summed E-state index contributed by atoms with van der Waals surface area (Å²) in [7, 11) is 0. The molecule has 35 heavy (non-hydrogen) atoms. The van der Waals surface area contributed by atoms with Gasteiger partial charge in [0.1, 0.15) is 5.75 Å². The summed E-state index contributed by atoms with van der Waals surface area (Å²) in [4.78, 5) is 26.2. The minimum Gasteiger partial charge on any atom is -0.482 e. The third-order valence-corrected chi connectivity index (χ3v) is 5.74. The van der Waals surface area contributed by atoms with Crippen LogP contribution in [0, 0.1) is 0 Å². The van der Waals surface area contributed by atoms with Crippen LogP contribution in [0.1, 0.15) is 30.9 Å². The van der Waals surface area contributed by atoms with Crippen molar-refractivity contribution in [3.05, 3.63) is 95.6 Å². The van der Waals surface area contributed by atoms with E-state index >= 15 is 0 Å². The van der Waals surface area contributed by atoms with Crippen LogP contribution in [0.4, 0.5) is 16.2 Å². The number of carbonyl (C=O) groups is 2. The molecule has 6 nitrogen and oxygen atoms in total. The number of rotatable bonds is 9. The Morgan fingerprint density at radius 1 is 0.829 bits per heavy atom. The number of para-hydroxylation sites is 2. The summed E-state index contributed by atoms with van der Waals surface area (Å²) in [6.07, 6.45) is 4.00. The highest BCUT2D eigenvalue weighted by Crippen LogP contribution is 2.32. The Balaban J connectivity index is 1.38. The van der Waals surface area contributed by atoms with E-state index in [0.717, 1.165) is 35.3 Å². The molecule has 0 unspecified atom stereocenters. The lowest BCUT2D eigenvalue weighted by molar-refractivity contribution is -0.145. The van der Waals surface area contributed by atoms with E-state index in [1.54, 1.807) is 11.8 Å². The Morgan fingerprint density at radius 3 is 2.17 bits per heavy atom. The Hall–Kier alpha value is -4.06. The van der Waals surface area contributed by atoms with E-state index in [-0.39, 0.29) is 19.2 Å². The highest BCUT2D eigenvalue weighted by Gasteiger charge is 2.20. The number of esters is 1. The first kappa shape index (κ1) is 24.1. The summed E-state index contributed by atoms with van der Waals surface area (Å²) in [6, 6.07) is 24.8. The normalized spacial score (nSPS) is 12.2. The van der Waals surface area contributed by atoms with Gasteiger partial charge in [-0.2, -0.15) is 0 Å². The number of hydrogen-bond donors (Lipinski definition) is 0. The molecule has 0 atom stereocenters. The first-order chi connectivity index (χ1) is 17.2. The van der Waals surface area contributed by atoms with Crippen molar-refractivity contribution in [2.45, 2.75) is 26.2 Å². The van der Waals surface area contributed by atoms with Crippen LogP contribution in [0.3, 0.4) is 0 Å². The molecule has 0 spiro atoms. The van der Waals surface area contributed by atoms with Crippen LogP contribution in [0.2, 0.25) is 0 Å². The third kappa shape index (κ3) is 6.29. The standard InChI is InChI=1S/C29H29NO5/c1-2-33-28(31)21-35-27-15-9-10-23-20-22(16-17-26(23)27)18-19-34-29(32)30(24-11-5-3-6-12-24)25-13-7-4-8-14-25/h3-15,20H,2,16-19,21H2,1H3. The van der Waals surface area contributed by atoms with Gasteiger partial charge in [-0.25, -0.2) is 14.5 Å². The summed E-state index contributed by atoms with van der Waals surface area (Å²) in [5.41, 5.74) is 4.86.